The van der Waals surface area contributed by atoms with Gasteiger partial charge in [-0.1, -0.05) is 76.7 Å². The van der Waals surface area contributed by atoms with Crippen molar-refractivity contribution in [3.8, 4) is 0 Å². The highest BCUT2D eigenvalue weighted by atomic mass is 13.9. The third-order valence-corrected chi connectivity index (χ3v) is 3.01. The van der Waals surface area contributed by atoms with Gasteiger partial charge < -0.3 is 0 Å². The maximum Gasteiger partial charge on any atom is -0.0316 e. The van der Waals surface area contributed by atoms with E-state index < -0.39 is 0 Å². The molecule has 0 saturated heterocycles. The monoisotopic (exact) mass is 236 g/mol. The molecule has 0 aromatic heterocycles. The second-order valence-electron chi connectivity index (χ2n) is 4.87. The number of hydrogen-bond donors (Lipinski definition) is 0. The summed E-state index contributed by atoms with van der Waals surface area (Å²) in [5.41, 5.74) is 0. The van der Waals surface area contributed by atoms with Crippen molar-refractivity contribution in [3.05, 3.63) is 24.3 Å². The van der Waals surface area contributed by atoms with E-state index >= 15 is 0 Å². The van der Waals surface area contributed by atoms with E-state index in [4.69, 9.17) is 0 Å². The van der Waals surface area contributed by atoms with E-state index in [-0.39, 0.29) is 0 Å². The zero-order valence-electron chi connectivity index (χ0n) is 12.1. The van der Waals surface area contributed by atoms with Crippen molar-refractivity contribution >= 4 is 0 Å². The minimum Gasteiger partial charge on any atom is -0.0885 e. The van der Waals surface area contributed by atoms with Gasteiger partial charge >= 0.3 is 0 Å². The van der Waals surface area contributed by atoms with Crippen LogP contribution in [-0.4, -0.2) is 0 Å². The molecule has 0 saturated carbocycles. The van der Waals surface area contributed by atoms with Gasteiger partial charge in [0.1, 0.15) is 0 Å². The molecule has 0 amide bonds. The first-order chi connectivity index (χ1) is 8.41. The Morgan fingerprint density at radius 3 is 1.65 bits per heavy atom. The quantitative estimate of drug-likeness (QED) is 0.270. The second-order valence-corrected chi connectivity index (χ2v) is 4.87. The fourth-order valence-corrected chi connectivity index (χ4v) is 1.87. The van der Waals surface area contributed by atoms with Gasteiger partial charge in [-0.2, -0.15) is 0 Å². The Morgan fingerprint density at radius 1 is 0.471 bits per heavy atom. The highest BCUT2D eigenvalue weighted by Gasteiger charge is 1.87. The van der Waals surface area contributed by atoms with Gasteiger partial charge in [0.2, 0.25) is 0 Å². The Bertz CT molecular complexity index is 176. The third kappa shape index (κ3) is 15.5. The Morgan fingerprint density at radius 2 is 1.00 bits per heavy atom. The molecule has 100 valence electrons. The average Bonchev–Trinajstić information content (AvgIpc) is 2.35. The highest BCUT2D eigenvalue weighted by Crippen LogP contribution is 2.07. The Hall–Kier alpha value is -0.520. The van der Waals surface area contributed by atoms with E-state index in [0.29, 0.717) is 0 Å². The lowest BCUT2D eigenvalue weighted by atomic mass is 10.1. The molecule has 0 atom stereocenters. The minimum absolute atomic E-state index is 1.22. The summed E-state index contributed by atoms with van der Waals surface area (Å²) in [5, 5.41) is 0. The van der Waals surface area contributed by atoms with Crippen LogP contribution < -0.4 is 0 Å². The summed E-state index contributed by atoms with van der Waals surface area (Å²) >= 11 is 0. The predicted molar refractivity (Wildman–Crippen MR) is 80.4 cm³/mol. The van der Waals surface area contributed by atoms with Gasteiger partial charge in [-0.3, -0.25) is 0 Å². The van der Waals surface area contributed by atoms with Crippen LogP contribution in [0.2, 0.25) is 0 Å². The molecule has 0 N–H and O–H groups in total. The van der Waals surface area contributed by atoms with Gasteiger partial charge in [0.15, 0.2) is 0 Å². The molecule has 0 fully saturated rings. The van der Waals surface area contributed by atoms with E-state index in [1.165, 1.54) is 70.6 Å². The van der Waals surface area contributed by atoms with Crippen molar-refractivity contribution in [3.63, 3.8) is 0 Å². The maximum absolute atomic E-state index is 2.37. The van der Waals surface area contributed by atoms with Crippen molar-refractivity contribution in [2.24, 2.45) is 0 Å². The molecule has 0 bridgehead atoms. The van der Waals surface area contributed by atoms with E-state index in [2.05, 4.69) is 38.2 Å². The number of rotatable bonds is 12. The molecule has 0 aromatic rings. The molecule has 0 aliphatic heterocycles. The Labute approximate surface area is 109 Å². The summed E-state index contributed by atoms with van der Waals surface area (Å²) in [4.78, 5) is 0. The molecule has 0 radical (unpaired) electrons. The van der Waals surface area contributed by atoms with Gasteiger partial charge in [0.05, 0.1) is 0 Å². The number of allylic oxidation sites excluding steroid dienone is 4. The van der Waals surface area contributed by atoms with Crippen LogP contribution in [-0.2, 0) is 0 Å². The lowest BCUT2D eigenvalue weighted by molar-refractivity contribution is 0.611. The van der Waals surface area contributed by atoms with Crippen LogP contribution in [0.4, 0.5) is 0 Å². The normalized spacial score (nSPS) is 11.9. The summed E-state index contributed by atoms with van der Waals surface area (Å²) in [5.74, 6) is 0. The highest BCUT2D eigenvalue weighted by molar-refractivity contribution is 4.87. The van der Waals surface area contributed by atoms with Crippen molar-refractivity contribution in [1.29, 1.82) is 0 Å². The van der Waals surface area contributed by atoms with Crippen molar-refractivity contribution in [2.45, 2.75) is 84.5 Å². The first kappa shape index (κ1) is 16.5. The first-order valence-corrected chi connectivity index (χ1v) is 7.71. The lowest BCUT2D eigenvalue weighted by Gasteiger charge is -1.97. The second kappa shape index (κ2) is 15.5. The first-order valence-electron chi connectivity index (χ1n) is 7.71. The zero-order chi connectivity index (χ0) is 12.6. The van der Waals surface area contributed by atoms with Crippen molar-refractivity contribution in [2.75, 3.05) is 0 Å². The van der Waals surface area contributed by atoms with Crippen LogP contribution in [0.3, 0.4) is 0 Å². The van der Waals surface area contributed by atoms with Gasteiger partial charge in [-0.05, 0) is 32.1 Å². The summed E-state index contributed by atoms with van der Waals surface area (Å²) in [6, 6.07) is 0. The van der Waals surface area contributed by atoms with E-state index in [1.807, 2.05) is 0 Å². The van der Waals surface area contributed by atoms with E-state index in [0.717, 1.165) is 0 Å². The van der Waals surface area contributed by atoms with Crippen LogP contribution in [0.15, 0.2) is 24.3 Å². The molecule has 0 aromatic carbocycles. The molecule has 17 heavy (non-hydrogen) atoms. The molecule has 0 heteroatoms. The number of hydrogen-bond acceptors (Lipinski definition) is 0. The van der Waals surface area contributed by atoms with Crippen LogP contribution in [0, 0.1) is 0 Å². The smallest absolute Gasteiger partial charge is 0.0316 e. The molecular weight excluding hydrogens is 204 g/mol. The number of unbranched alkanes of at least 4 members (excludes halogenated alkanes) is 8. The molecule has 0 rings (SSSR count). The summed E-state index contributed by atoms with van der Waals surface area (Å²) in [6.45, 7) is 4.50. The Kier molecular flexibility index (Phi) is 15.0. The third-order valence-electron chi connectivity index (χ3n) is 3.01. The lowest BCUT2D eigenvalue weighted by Crippen LogP contribution is -1.77. The van der Waals surface area contributed by atoms with Crippen LogP contribution in [0.1, 0.15) is 84.5 Å². The van der Waals surface area contributed by atoms with Gasteiger partial charge in [-0.25, -0.2) is 0 Å². The SMILES string of the molecule is CCC/C=C/CC/C=C\CCCCCCCC. The average molecular weight is 236 g/mol. The van der Waals surface area contributed by atoms with E-state index in [1.54, 1.807) is 0 Å². The summed E-state index contributed by atoms with van der Waals surface area (Å²) in [6.07, 6.45) is 24.0. The van der Waals surface area contributed by atoms with Crippen molar-refractivity contribution < 1.29 is 0 Å². The molecule has 0 nitrogen and oxygen atoms in total. The minimum atomic E-state index is 1.22. The van der Waals surface area contributed by atoms with Gasteiger partial charge in [-0.15, -0.1) is 0 Å². The molecule has 0 spiro atoms. The Balaban J connectivity index is 3.09. The topological polar surface area (TPSA) is 0 Å². The largest absolute Gasteiger partial charge is 0.0885 e. The summed E-state index contributed by atoms with van der Waals surface area (Å²) in [7, 11) is 0. The molecule has 0 heterocycles. The van der Waals surface area contributed by atoms with E-state index in [9.17, 15) is 0 Å². The maximum atomic E-state index is 2.37. The van der Waals surface area contributed by atoms with Crippen LogP contribution >= 0.6 is 0 Å². The molecule has 0 aliphatic carbocycles. The van der Waals surface area contributed by atoms with Gasteiger partial charge in [0, 0.05) is 0 Å². The van der Waals surface area contributed by atoms with Crippen molar-refractivity contribution in [1.82, 2.24) is 0 Å². The molecular formula is C17H32. The summed E-state index contributed by atoms with van der Waals surface area (Å²) < 4.78 is 0. The standard InChI is InChI=1S/C17H32/c1-3-5-7-9-11-13-15-17-16-14-12-10-8-6-4-2/h7,9,15,17H,3-6,8,10-14,16H2,1-2H3/b9-7+,17-15-. The zero-order valence-corrected chi connectivity index (χ0v) is 12.1. The predicted octanol–water partition coefficient (Wildman–Crippen LogP) is 6.43. The molecule has 0 aliphatic rings. The van der Waals surface area contributed by atoms with Crippen LogP contribution in [0.25, 0.3) is 0 Å². The fourth-order valence-electron chi connectivity index (χ4n) is 1.87. The fraction of sp³-hybridized carbons (Fsp3) is 0.765. The molecule has 0 unspecified atom stereocenters. The van der Waals surface area contributed by atoms with Crippen LogP contribution in [0.5, 0.6) is 0 Å². The van der Waals surface area contributed by atoms with Gasteiger partial charge in [0.25, 0.3) is 0 Å².